The summed E-state index contributed by atoms with van der Waals surface area (Å²) in [6, 6.07) is -1.22. The normalized spacial score (nSPS) is 46.2. The third kappa shape index (κ3) is 0.985. The maximum Gasteiger partial charge on any atom is 0.307 e. The Morgan fingerprint density at radius 2 is 1.42 bits per heavy atom. The van der Waals surface area contributed by atoms with E-state index < -0.39 is 17.1 Å². The van der Waals surface area contributed by atoms with Gasteiger partial charge in [0.15, 0.2) is 0 Å². The van der Waals surface area contributed by atoms with Gasteiger partial charge in [0, 0.05) is 0 Å². The van der Waals surface area contributed by atoms with E-state index in [1.165, 1.54) is 0 Å². The van der Waals surface area contributed by atoms with Crippen LogP contribution in [0.4, 0.5) is 8.78 Å². The molecule has 0 unspecified atom stereocenters. The van der Waals surface area contributed by atoms with Crippen molar-refractivity contribution in [1.82, 2.24) is 0 Å². The summed E-state index contributed by atoms with van der Waals surface area (Å²) >= 11 is 0. The highest BCUT2D eigenvalue weighted by Gasteiger charge is 2.53. The highest BCUT2D eigenvalue weighted by Crippen LogP contribution is 2.54. The predicted octanol–water partition coefficient (Wildman–Crippen LogP) is 2.55. The molecule has 0 amide bonds. The zero-order valence-electron chi connectivity index (χ0n) is 6.91. The van der Waals surface area contributed by atoms with Gasteiger partial charge in [-0.25, -0.2) is 4.39 Å². The van der Waals surface area contributed by atoms with E-state index in [9.17, 15) is 13.6 Å². The minimum atomic E-state index is -1.22. The molecule has 0 aliphatic heterocycles. The van der Waals surface area contributed by atoms with Crippen molar-refractivity contribution in [2.75, 3.05) is 0 Å². The molecule has 0 radical (unpaired) electrons. The summed E-state index contributed by atoms with van der Waals surface area (Å²) in [6.07, 6.45) is 2.38. The van der Waals surface area contributed by atoms with Crippen molar-refractivity contribution in [3.63, 3.8) is 0 Å². The highest BCUT2D eigenvalue weighted by molar-refractivity contribution is 5.76. The minimum Gasteiger partial charge on any atom is -0.261 e. The van der Waals surface area contributed by atoms with Gasteiger partial charge in [-0.1, -0.05) is 0 Å². The number of carbonyl (C=O) groups is 1. The number of alkyl halides is 1. The van der Waals surface area contributed by atoms with E-state index in [1.807, 2.05) is 0 Å². The van der Waals surface area contributed by atoms with E-state index in [1.54, 1.807) is 0 Å². The van der Waals surface area contributed by atoms with Crippen molar-refractivity contribution in [2.45, 2.75) is 44.2 Å². The quantitative estimate of drug-likeness (QED) is 0.558. The van der Waals surface area contributed by atoms with Crippen LogP contribution in [0.25, 0.3) is 0 Å². The Bertz CT molecular complexity index is 200. The molecule has 3 aliphatic rings. The Morgan fingerprint density at radius 1 is 1.00 bits per heavy atom. The zero-order valence-corrected chi connectivity index (χ0v) is 6.91. The summed E-state index contributed by atoms with van der Waals surface area (Å²) in [4.78, 5) is 10.7. The summed E-state index contributed by atoms with van der Waals surface area (Å²) in [5, 5.41) is 0. The number of halogens is 2. The molecule has 0 aromatic heterocycles. The van der Waals surface area contributed by atoms with Gasteiger partial charge in [0.05, 0.1) is 5.41 Å². The van der Waals surface area contributed by atoms with Gasteiger partial charge in [0.1, 0.15) is 5.67 Å². The summed E-state index contributed by atoms with van der Waals surface area (Å²) in [7, 11) is 0. The average molecular weight is 174 g/mol. The van der Waals surface area contributed by atoms with E-state index in [0.717, 1.165) is 0 Å². The maximum absolute atomic E-state index is 13.5. The summed E-state index contributed by atoms with van der Waals surface area (Å²) < 4.78 is 26.2. The Labute approximate surface area is 70.1 Å². The average Bonchev–Trinajstić information content (AvgIpc) is 2.06. The maximum atomic E-state index is 13.5. The van der Waals surface area contributed by atoms with Gasteiger partial charge in [-0.3, -0.25) is 4.79 Å². The lowest BCUT2D eigenvalue weighted by molar-refractivity contribution is -0.150. The summed E-state index contributed by atoms with van der Waals surface area (Å²) in [5.41, 5.74) is -1.86. The van der Waals surface area contributed by atoms with E-state index >= 15 is 0 Å². The molecule has 3 rings (SSSR count). The molecule has 2 bridgehead atoms. The van der Waals surface area contributed by atoms with Gasteiger partial charge in [-0.05, 0) is 38.5 Å². The molecule has 0 N–H and O–H groups in total. The molecule has 3 aliphatic carbocycles. The number of carbonyl (C=O) groups excluding carboxylic acids is 1. The van der Waals surface area contributed by atoms with E-state index in [-0.39, 0.29) is 0 Å². The third-order valence-electron chi connectivity index (χ3n) is 3.57. The number of hydrogen-bond donors (Lipinski definition) is 0. The molecule has 0 saturated heterocycles. The fourth-order valence-electron chi connectivity index (χ4n) is 2.43. The first kappa shape index (κ1) is 8.14. The van der Waals surface area contributed by atoms with Crippen molar-refractivity contribution >= 4 is 6.04 Å². The van der Waals surface area contributed by atoms with Gasteiger partial charge in [0.25, 0.3) is 0 Å². The molecule has 0 atom stereocenters. The van der Waals surface area contributed by atoms with Gasteiger partial charge in [-0.2, -0.15) is 4.39 Å². The van der Waals surface area contributed by atoms with Gasteiger partial charge < -0.3 is 0 Å². The highest BCUT2D eigenvalue weighted by atomic mass is 19.1. The number of hydrogen-bond acceptors (Lipinski definition) is 1. The molecular weight excluding hydrogens is 162 g/mol. The van der Waals surface area contributed by atoms with Gasteiger partial charge in [0.2, 0.25) is 0 Å². The summed E-state index contributed by atoms with van der Waals surface area (Å²) in [6.45, 7) is 0. The second-order valence-corrected chi connectivity index (χ2v) is 4.20. The van der Waals surface area contributed by atoms with Gasteiger partial charge >= 0.3 is 6.04 Å². The molecular formula is C9H12F2O. The van der Waals surface area contributed by atoms with Crippen LogP contribution in [0.15, 0.2) is 0 Å². The standard InChI is InChI=1S/C9H12F2O/c10-7(12)8-1-4-9(11,5-2-8)6-3-8/h1-6H2. The second kappa shape index (κ2) is 2.27. The molecule has 3 saturated carbocycles. The third-order valence-corrected chi connectivity index (χ3v) is 3.57. The van der Waals surface area contributed by atoms with Crippen LogP contribution in [-0.4, -0.2) is 11.7 Å². The topological polar surface area (TPSA) is 17.1 Å². The van der Waals surface area contributed by atoms with Crippen molar-refractivity contribution in [2.24, 2.45) is 5.41 Å². The molecule has 0 aromatic rings. The van der Waals surface area contributed by atoms with Gasteiger partial charge in [-0.15, -0.1) is 0 Å². The fraction of sp³-hybridized carbons (Fsp3) is 0.889. The minimum absolute atomic E-state index is 0.378. The molecule has 0 heterocycles. The van der Waals surface area contributed by atoms with Crippen LogP contribution in [0.3, 0.4) is 0 Å². The van der Waals surface area contributed by atoms with Crippen LogP contribution in [0, 0.1) is 5.41 Å². The second-order valence-electron chi connectivity index (χ2n) is 4.20. The molecule has 3 heteroatoms. The van der Waals surface area contributed by atoms with Crippen molar-refractivity contribution in [1.29, 1.82) is 0 Å². The van der Waals surface area contributed by atoms with Crippen LogP contribution in [0.1, 0.15) is 38.5 Å². The Morgan fingerprint density at radius 3 is 1.75 bits per heavy atom. The fourth-order valence-corrected chi connectivity index (χ4v) is 2.43. The van der Waals surface area contributed by atoms with E-state index in [4.69, 9.17) is 0 Å². The number of fused-ring (bicyclic) bond motifs is 3. The van der Waals surface area contributed by atoms with E-state index in [2.05, 4.69) is 0 Å². The lowest BCUT2D eigenvalue weighted by atomic mass is 9.60. The van der Waals surface area contributed by atoms with Crippen LogP contribution in [0.2, 0.25) is 0 Å². The monoisotopic (exact) mass is 174 g/mol. The van der Waals surface area contributed by atoms with Crippen LogP contribution >= 0.6 is 0 Å². The SMILES string of the molecule is O=C(F)C12CCC(F)(CC1)CC2. The van der Waals surface area contributed by atoms with Crippen LogP contribution in [0.5, 0.6) is 0 Å². The first-order chi connectivity index (χ1) is 5.56. The molecule has 0 spiro atoms. The van der Waals surface area contributed by atoms with Crippen LogP contribution in [-0.2, 0) is 4.79 Å². The lowest BCUT2D eigenvalue weighted by Crippen LogP contribution is -2.46. The Kier molecular flexibility index (Phi) is 1.54. The lowest BCUT2D eigenvalue weighted by Gasteiger charge is -2.46. The first-order valence-electron chi connectivity index (χ1n) is 4.45. The van der Waals surface area contributed by atoms with E-state index in [0.29, 0.717) is 38.5 Å². The van der Waals surface area contributed by atoms with Crippen molar-refractivity contribution < 1.29 is 13.6 Å². The molecule has 1 nitrogen and oxygen atoms in total. The molecule has 12 heavy (non-hydrogen) atoms. The smallest absolute Gasteiger partial charge is 0.261 e. The van der Waals surface area contributed by atoms with Crippen molar-refractivity contribution in [3.8, 4) is 0 Å². The van der Waals surface area contributed by atoms with Crippen molar-refractivity contribution in [3.05, 3.63) is 0 Å². The summed E-state index contributed by atoms with van der Waals surface area (Å²) in [5.74, 6) is 0. The largest absolute Gasteiger partial charge is 0.307 e. The zero-order chi connectivity index (χ0) is 8.82. The predicted molar refractivity (Wildman–Crippen MR) is 40.1 cm³/mol. The van der Waals surface area contributed by atoms with Crippen LogP contribution < -0.4 is 0 Å². The molecule has 0 aromatic carbocycles. The first-order valence-corrected chi connectivity index (χ1v) is 4.45. The number of rotatable bonds is 1. The Balaban J connectivity index is 2.20. The Hall–Kier alpha value is -0.470. The molecule has 3 fully saturated rings. The molecule has 68 valence electrons.